The molecule has 0 saturated carbocycles. The molecule has 0 radical (unpaired) electrons. The first-order chi connectivity index (χ1) is 11.5. The zero-order valence-electron chi connectivity index (χ0n) is 15.8. The normalized spacial score (nSPS) is 25.9. The fourth-order valence-corrected chi connectivity index (χ4v) is 4.34. The van der Waals surface area contributed by atoms with Gasteiger partial charge < -0.3 is 9.47 Å². The molecule has 1 aromatic heterocycles. The van der Waals surface area contributed by atoms with E-state index in [0.717, 1.165) is 45.4 Å². The van der Waals surface area contributed by atoms with Crippen LogP contribution in [0.3, 0.4) is 0 Å². The molecule has 134 valence electrons. The van der Waals surface area contributed by atoms with Crippen LogP contribution in [-0.2, 0) is 11.3 Å². The van der Waals surface area contributed by atoms with Gasteiger partial charge in [-0.1, -0.05) is 13.8 Å². The monoisotopic (exact) mass is 331 g/mol. The van der Waals surface area contributed by atoms with Crippen molar-refractivity contribution in [3.8, 4) is 0 Å². The summed E-state index contributed by atoms with van der Waals surface area (Å²) in [6.07, 6.45) is 3.96. The van der Waals surface area contributed by atoms with Gasteiger partial charge in [-0.3, -0.25) is 9.69 Å². The SMILES string of the molecule is Cc1ccc2n1CCN(C1CCC(=O)N(CCC(C)C)CC1)C2C. The summed E-state index contributed by atoms with van der Waals surface area (Å²) in [5, 5.41) is 0. The van der Waals surface area contributed by atoms with Gasteiger partial charge in [0.1, 0.15) is 0 Å². The Bertz CT molecular complexity index is 577. The molecule has 1 fully saturated rings. The Hall–Kier alpha value is -1.29. The first-order valence-electron chi connectivity index (χ1n) is 9.67. The van der Waals surface area contributed by atoms with Crippen LogP contribution in [0.1, 0.15) is 63.9 Å². The van der Waals surface area contributed by atoms with Crippen molar-refractivity contribution in [1.29, 1.82) is 0 Å². The van der Waals surface area contributed by atoms with Gasteiger partial charge in [-0.15, -0.1) is 0 Å². The van der Waals surface area contributed by atoms with Crippen LogP contribution >= 0.6 is 0 Å². The van der Waals surface area contributed by atoms with Crippen LogP contribution in [0.5, 0.6) is 0 Å². The molecule has 1 aromatic rings. The van der Waals surface area contributed by atoms with Crippen LogP contribution in [0, 0.1) is 12.8 Å². The Morgan fingerprint density at radius 2 is 1.96 bits per heavy atom. The smallest absolute Gasteiger partial charge is 0.222 e. The quantitative estimate of drug-likeness (QED) is 0.843. The minimum Gasteiger partial charge on any atom is -0.346 e. The number of aryl methyl sites for hydroxylation is 1. The lowest BCUT2D eigenvalue weighted by molar-refractivity contribution is -0.130. The van der Waals surface area contributed by atoms with Gasteiger partial charge in [0.2, 0.25) is 5.91 Å². The Balaban J connectivity index is 1.65. The predicted octanol–water partition coefficient (Wildman–Crippen LogP) is 3.60. The van der Waals surface area contributed by atoms with E-state index in [1.165, 1.54) is 11.4 Å². The maximum absolute atomic E-state index is 12.4. The maximum atomic E-state index is 12.4. The lowest BCUT2D eigenvalue weighted by Gasteiger charge is -2.40. The number of aromatic nitrogens is 1. The Morgan fingerprint density at radius 3 is 2.71 bits per heavy atom. The summed E-state index contributed by atoms with van der Waals surface area (Å²) >= 11 is 0. The second-order valence-electron chi connectivity index (χ2n) is 8.01. The van der Waals surface area contributed by atoms with Gasteiger partial charge in [-0.2, -0.15) is 0 Å². The Labute approximate surface area is 146 Å². The van der Waals surface area contributed by atoms with Gasteiger partial charge in [0, 0.05) is 56.1 Å². The third-order valence-corrected chi connectivity index (χ3v) is 5.96. The standard InChI is InChI=1S/C20H33N3O/c1-15(2)9-11-21-12-10-18(6-8-20(21)24)23-14-13-22-16(3)5-7-19(22)17(23)4/h5,7,15,17-18H,6,8-14H2,1-4H3. The van der Waals surface area contributed by atoms with Crippen LogP contribution in [0.25, 0.3) is 0 Å². The molecule has 0 aliphatic carbocycles. The highest BCUT2D eigenvalue weighted by atomic mass is 16.2. The van der Waals surface area contributed by atoms with Gasteiger partial charge in [0.05, 0.1) is 0 Å². The van der Waals surface area contributed by atoms with E-state index in [9.17, 15) is 4.79 Å². The molecular weight excluding hydrogens is 298 g/mol. The second kappa shape index (κ2) is 7.30. The number of rotatable bonds is 4. The minimum atomic E-state index is 0.363. The largest absolute Gasteiger partial charge is 0.346 e. The third-order valence-electron chi connectivity index (χ3n) is 5.96. The second-order valence-corrected chi connectivity index (χ2v) is 8.01. The highest BCUT2D eigenvalue weighted by Gasteiger charge is 2.32. The molecule has 1 amide bonds. The third kappa shape index (κ3) is 3.53. The number of likely N-dealkylation sites (tertiary alicyclic amines) is 1. The molecular formula is C20H33N3O. The van der Waals surface area contributed by atoms with Crippen LogP contribution in [0.4, 0.5) is 0 Å². The van der Waals surface area contributed by atoms with Crippen molar-refractivity contribution in [3.63, 3.8) is 0 Å². The van der Waals surface area contributed by atoms with Crippen LogP contribution in [0.2, 0.25) is 0 Å². The van der Waals surface area contributed by atoms with E-state index < -0.39 is 0 Å². The van der Waals surface area contributed by atoms with Crippen molar-refractivity contribution in [2.75, 3.05) is 19.6 Å². The summed E-state index contributed by atoms with van der Waals surface area (Å²) in [6, 6.07) is 5.51. The fraction of sp³-hybridized carbons (Fsp3) is 0.750. The molecule has 3 heterocycles. The summed E-state index contributed by atoms with van der Waals surface area (Å²) in [7, 11) is 0. The van der Waals surface area contributed by atoms with Gasteiger partial charge in [-0.25, -0.2) is 0 Å². The number of fused-ring (bicyclic) bond motifs is 1. The number of carbonyl (C=O) groups excluding carboxylic acids is 1. The predicted molar refractivity (Wildman–Crippen MR) is 98.0 cm³/mol. The summed E-state index contributed by atoms with van der Waals surface area (Å²) < 4.78 is 2.46. The number of amides is 1. The summed E-state index contributed by atoms with van der Waals surface area (Å²) in [5.74, 6) is 1.03. The summed E-state index contributed by atoms with van der Waals surface area (Å²) in [5.41, 5.74) is 2.80. The zero-order valence-corrected chi connectivity index (χ0v) is 15.8. The molecule has 4 nitrogen and oxygen atoms in total. The molecule has 0 bridgehead atoms. The molecule has 3 rings (SSSR count). The van der Waals surface area contributed by atoms with Crippen molar-refractivity contribution >= 4 is 5.91 Å². The molecule has 0 spiro atoms. The number of hydrogen-bond donors (Lipinski definition) is 0. The van der Waals surface area contributed by atoms with Gasteiger partial charge in [-0.05, 0) is 51.2 Å². The van der Waals surface area contributed by atoms with Crippen LogP contribution in [-0.4, -0.2) is 46.0 Å². The van der Waals surface area contributed by atoms with E-state index in [0.29, 0.717) is 30.3 Å². The molecule has 0 N–H and O–H groups in total. The first kappa shape index (κ1) is 17.5. The molecule has 2 atom stereocenters. The van der Waals surface area contributed by atoms with Crippen molar-refractivity contribution in [3.05, 3.63) is 23.5 Å². The fourth-order valence-electron chi connectivity index (χ4n) is 4.34. The minimum absolute atomic E-state index is 0.363. The summed E-state index contributed by atoms with van der Waals surface area (Å²) in [6.45, 7) is 13.0. The van der Waals surface area contributed by atoms with E-state index in [1.54, 1.807) is 0 Å². The summed E-state index contributed by atoms with van der Waals surface area (Å²) in [4.78, 5) is 17.2. The van der Waals surface area contributed by atoms with Crippen molar-refractivity contribution in [1.82, 2.24) is 14.4 Å². The Morgan fingerprint density at radius 1 is 1.17 bits per heavy atom. The van der Waals surface area contributed by atoms with Crippen molar-refractivity contribution in [2.24, 2.45) is 5.92 Å². The van der Waals surface area contributed by atoms with E-state index in [-0.39, 0.29) is 0 Å². The molecule has 2 unspecified atom stereocenters. The maximum Gasteiger partial charge on any atom is 0.222 e. The van der Waals surface area contributed by atoms with Crippen LogP contribution < -0.4 is 0 Å². The molecule has 2 aliphatic rings. The highest BCUT2D eigenvalue weighted by Crippen LogP contribution is 2.32. The molecule has 4 heteroatoms. The highest BCUT2D eigenvalue weighted by molar-refractivity contribution is 5.76. The van der Waals surface area contributed by atoms with E-state index in [4.69, 9.17) is 0 Å². The molecule has 2 aliphatic heterocycles. The number of carbonyl (C=O) groups is 1. The number of nitrogens with zero attached hydrogens (tertiary/aromatic N) is 3. The van der Waals surface area contributed by atoms with E-state index >= 15 is 0 Å². The van der Waals surface area contributed by atoms with E-state index in [1.807, 2.05) is 0 Å². The Kier molecular flexibility index (Phi) is 5.33. The molecule has 24 heavy (non-hydrogen) atoms. The molecule has 1 saturated heterocycles. The lowest BCUT2D eigenvalue weighted by Crippen LogP contribution is -2.44. The van der Waals surface area contributed by atoms with Crippen molar-refractivity contribution in [2.45, 2.75) is 72.0 Å². The van der Waals surface area contributed by atoms with Crippen LogP contribution in [0.15, 0.2) is 12.1 Å². The van der Waals surface area contributed by atoms with Crippen molar-refractivity contribution < 1.29 is 4.79 Å². The topological polar surface area (TPSA) is 28.5 Å². The first-order valence-corrected chi connectivity index (χ1v) is 9.67. The lowest BCUT2D eigenvalue weighted by atomic mass is 10.0. The van der Waals surface area contributed by atoms with Gasteiger partial charge in [0.15, 0.2) is 0 Å². The van der Waals surface area contributed by atoms with Gasteiger partial charge >= 0.3 is 0 Å². The average molecular weight is 332 g/mol. The average Bonchev–Trinajstić information content (AvgIpc) is 2.82. The van der Waals surface area contributed by atoms with E-state index in [2.05, 4.69) is 54.2 Å². The zero-order chi connectivity index (χ0) is 17.3. The number of hydrogen-bond acceptors (Lipinski definition) is 2. The molecule has 0 aromatic carbocycles. The van der Waals surface area contributed by atoms with Gasteiger partial charge in [0.25, 0.3) is 0 Å².